The molecule has 3 aromatic rings. The van der Waals surface area contributed by atoms with Gasteiger partial charge in [-0.3, -0.25) is 4.79 Å². The van der Waals surface area contributed by atoms with E-state index in [1.165, 1.54) is 24.3 Å². The highest BCUT2D eigenvalue weighted by Crippen LogP contribution is 2.31. The lowest BCUT2D eigenvalue weighted by Gasteiger charge is -2.11. The lowest BCUT2D eigenvalue weighted by atomic mass is 10.0. The molecule has 0 atom stereocenters. The van der Waals surface area contributed by atoms with Crippen LogP contribution in [0.3, 0.4) is 0 Å². The number of hydrogen-bond donors (Lipinski definition) is 3. The molecule has 21 heavy (non-hydrogen) atoms. The maximum absolute atomic E-state index is 12.6. The summed E-state index contributed by atoms with van der Waals surface area (Å²) in [6.45, 7) is 0. The van der Waals surface area contributed by atoms with Crippen LogP contribution in [0.4, 0.5) is 0 Å². The standard InChI is InChI=1S/C16H13NO4/c1-17-8-11(9-2-4-10(18)5-3-9)16(21)14-12(19)6-7-13(20)15(14)17/h2-8,18-20H,1H3. The molecular formula is C16H13NO4. The molecule has 0 unspecified atom stereocenters. The van der Waals surface area contributed by atoms with Crippen molar-refractivity contribution in [3.8, 4) is 28.4 Å². The van der Waals surface area contributed by atoms with E-state index >= 15 is 0 Å². The second-order valence-electron chi connectivity index (χ2n) is 4.86. The average Bonchev–Trinajstić information content (AvgIpc) is 2.46. The second kappa shape index (κ2) is 4.56. The van der Waals surface area contributed by atoms with Gasteiger partial charge in [0, 0.05) is 18.8 Å². The normalized spacial score (nSPS) is 10.9. The average molecular weight is 283 g/mol. The van der Waals surface area contributed by atoms with Crippen LogP contribution in [0.2, 0.25) is 0 Å². The van der Waals surface area contributed by atoms with E-state index in [4.69, 9.17) is 0 Å². The second-order valence-corrected chi connectivity index (χ2v) is 4.86. The number of phenolic OH excluding ortho intramolecular Hbond substituents is 3. The SMILES string of the molecule is Cn1cc(-c2ccc(O)cc2)c(=O)c2c(O)ccc(O)c21. The zero-order chi connectivity index (χ0) is 15.1. The van der Waals surface area contributed by atoms with E-state index in [1.807, 2.05) is 0 Å². The van der Waals surface area contributed by atoms with Gasteiger partial charge in [-0.1, -0.05) is 12.1 Å². The van der Waals surface area contributed by atoms with E-state index in [9.17, 15) is 20.1 Å². The predicted octanol–water partition coefficient (Wildman–Crippen LogP) is 2.32. The summed E-state index contributed by atoms with van der Waals surface area (Å²) in [6.07, 6.45) is 1.59. The molecule has 0 radical (unpaired) electrons. The topological polar surface area (TPSA) is 82.7 Å². The highest BCUT2D eigenvalue weighted by Gasteiger charge is 2.15. The molecule has 3 N–H and O–H groups in total. The molecule has 0 fully saturated rings. The molecule has 2 aromatic carbocycles. The van der Waals surface area contributed by atoms with Crippen LogP contribution >= 0.6 is 0 Å². The van der Waals surface area contributed by atoms with Crippen LogP contribution in [-0.2, 0) is 7.05 Å². The van der Waals surface area contributed by atoms with E-state index in [0.717, 1.165) is 0 Å². The lowest BCUT2D eigenvalue weighted by molar-refractivity contribution is 0.467. The molecule has 0 saturated carbocycles. The number of hydrogen-bond acceptors (Lipinski definition) is 4. The lowest BCUT2D eigenvalue weighted by Crippen LogP contribution is -2.10. The smallest absolute Gasteiger partial charge is 0.201 e. The van der Waals surface area contributed by atoms with Crippen molar-refractivity contribution in [1.82, 2.24) is 4.57 Å². The number of aryl methyl sites for hydroxylation is 1. The van der Waals surface area contributed by atoms with Gasteiger partial charge in [-0.05, 0) is 29.8 Å². The van der Waals surface area contributed by atoms with E-state index in [2.05, 4.69) is 0 Å². The van der Waals surface area contributed by atoms with Crippen LogP contribution in [0, 0.1) is 0 Å². The van der Waals surface area contributed by atoms with E-state index in [-0.39, 0.29) is 33.6 Å². The van der Waals surface area contributed by atoms with E-state index < -0.39 is 0 Å². The van der Waals surface area contributed by atoms with Gasteiger partial charge in [0.2, 0.25) is 5.43 Å². The third-order valence-electron chi connectivity index (χ3n) is 3.46. The molecular weight excluding hydrogens is 270 g/mol. The fourth-order valence-corrected chi connectivity index (χ4v) is 2.45. The van der Waals surface area contributed by atoms with Gasteiger partial charge in [0.05, 0.1) is 10.9 Å². The number of aromatic nitrogens is 1. The Hall–Kier alpha value is -2.95. The number of aromatic hydroxyl groups is 3. The van der Waals surface area contributed by atoms with Crippen molar-refractivity contribution in [2.24, 2.45) is 7.05 Å². The van der Waals surface area contributed by atoms with Crippen LogP contribution in [0.15, 0.2) is 47.4 Å². The van der Waals surface area contributed by atoms with E-state index in [0.29, 0.717) is 11.1 Å². The molecule has 106 valence electrons. The van der Waals surface area contributed by atoms with Crippen LogP contribution in [0.1, 0.15) is 0 Å². The summed E-state index contributed by atoms with van der Waals surface area (Å²) in [6, 6.07) is 8.86. The van der Waals surface area contributed by atoms with Gasteiger partial charge in [0.15, 0.2) is 0 Å². The summed E-state index contributed by atoms with van der Waals surface area (Å²) in [5, 5.41) is 29.2. The first-order chi connectivity index (χ1) is 9.99. The molecule has 0 aliphatic rings. The Morgan fingerprint density at radius 2 is 1.52 bits per heavy atom. The van der Waals surface area contributed by atoms with Gasteiger partial charge in [-0.25, -0.2) is 0 Å². The summed E-state index contributed by atoms with van der Waals surface area (Å²) in [7, 11) is 1.69. The van der Waals surface area contributed by atoms with Gasteiger partial charge >= 0.3 is 0 Å². The summed E-state index contributed by atoms with van der Waals surface area (Å²) in [4.78, 5) is 12.6. The van der Waals surface area contributed by atoms with Gasteiger partial charge in [0.25, 0.3) is 0 Å². The highest BCUT2D eigenvalue weighted by atomic mass is 16.3. The van der Waals surface area contributed by atoms with Crippen LogP contribution in [-0.4, -0.2) is 19.9 Å². The van der Waals surface area contributed by atoms with Crippen LogP contribution in [0.25, 0.3) is 22.0 Å². The summed E-state index contributed by atoms with van der Waals surface area (Å²) < 4.78 is 1.59. The molecule has 5 nitrogen and oxygen atoms in total. The van der Waals surface area contributed by atoms with Gasteiger partial charge in [-0.2, -0.15) is 0 Å². The van der Waals surface area contributed by atoms with Gasteiger partial charge < -0.3 is 19.9 Å². The molecule has 1 heterocycles. The fourth-order valence-electron chi connectivity index (χ4n) is 2.45. The predicted molar refractivity (Wildman–Crippen MR) is 79.6 cm³/mol. The molecule has 0 spiro atoms. The van der Waals surface area contributed by atoms with Crippen molar-refractivity contribution >= 4 is 10.9 Å². The number of benzene rings is 2. The summed E-state index contributed by atoms with van der Waals surface area (Å²) in [5.74, 6) is -0.138. The Morgan fingerprint density at radius 1 is 0.905 bits per heavy atom. The molecule has 0 saturated heterocycles. The maximum Gasteiger partial charge on any atom is 0.201 e. The third kappa shape index (κ3) is 1.99. The number of phenols is 3. The van der Waals surface area contributed by atoms with Crippen molar-refractivity contribution < 1.29 is 15.3 Å². The Morgan fingerprint density at radius 3 is 2.19 bits per heavy atom. The minimum absolute atomic E-state index is 0.0698. The Balaban J connectivity index is 2.42. The zero-order valence-corrected chi connectivity index (χ0v) is 11.2. The van der Waals surface area contributed by atoms with Crippen LogP contribution in [0.5, 0.6) is 17.2 Å². The Kier molecular flexibility index (Phi) is 2.83. The van der Waals surface area contributed by atoms with Crippen LogP contribution < -0.4 is 5.43 Å². The number of fused-ring (bicyclic) bond motifs is 1. The van der Waals surface area contributed by atoms with Crippen molar-refractivity contribution in [2.75, 3.05) is 0 Å². The maximum atomic E-state index is 12.6. The molecule has 0 aliphatic carbocycles. The first-order valence-electron chi connectivity index (χ1n) is 6.32. The Labute approximate surface area is 120 Å². The van der Waals surface area contributed by atoms with Crippen molar-refractivity contribution in [1.29, 1.82) is 0 Å². The highest BCUT2D eigenvalue weighted by molar-refractivity contribution is 5.92. The zero-order valence-electron chi connectivity index (χ0n) is 11.2. The van der Waals surface area contributed by atoms with E-state index in [1.54, 1.807) is 29.9 Å². The minimum Gasteiger partial charge on any atom is -0.508 e. The molecule has 0 amide bonds. The quantitative estimate of drug-likeness (QED) is 0.598. The summed E-state index contributed by atoms with van der Waals surface area (Å²) in [5.41, 5.74) is 0.911. The molecule has 5 heteroatoms. The summed E-state index contributed by atoms with van der Waals surface area (Å²) >= 11 is 0. The molecule has 0 aliphatic heterocycles. The van der Waals surface area contributed by atoms with Gasteiger partial charge in [-0.15, -0.1) is 0 Å². The van der Waals surface area contributed by atoms with Crippen molar-refractivity contribution in [3.63, 3.8) is 0 Å². The van der Waals surface area contributed by atoms with Crippen molar-refractivity contribution in [2.45, 2.75) is 0 Å². The molecule has 3 rings (SSSR count). The minimum atomic E-state index is -0.373. The number of nitrogens with zero attached hydrogens (tertiary/aromatic N) is 1. The Bertz CT molecular complexity index is 895. The largest absolute Gasteiger partial charge is 0.508 e. The molecule has 0 bridgehead atoms. The monoisotopic (exact) mass is 283 g/mol. The number of rotatable bonds is 1. The van der Waals surface area contributed by atoms with Crippen molar-refractivity contribution in [3.05, 3.63) is 52.8 Å². The first-order valence-corrected chi connectivity index (χ1v) is 6.32. The van der Waals surface area contributed by atoms with Gasteiger partial charge in [0.1, 0.15) is 17.2 Å². The number of pyridine rings is 1. The first kappa shape index (κ1) is 13.1. The molecule has 1 aromatic heterocycles. The fraction of sp³-hybridized carbons (Fsp3) is 0.0625. The third-order valence-corrected chi connectivity index (χ3v) is 3.46.